The van der Waals surface area contributed by atoms with Crippen LogP contribution in [0.4, 0.5) is 0 Å². The Balaban J connectivity index is 2.23. The Morgan fingerprint density at radius 1 is 1.43 bits per heavy atom. The van der Waals surface area contributed by atoms with E-state index >= 15 is 0 Å². The van der Waals surface area contributed by atoms with Crippen LogP contribution in [0.1, 0.15) is 21.1 Å². The standard InChI is InChI=1S/C13H12ClN3O2S2/c1-8-12(20-9(2)17-8)7-16-21(18,19)13-4-3-10(6-15)5-11(13)14/h3-5,16H,7H2,1-2H3. The van der Waals surface area contributed by atoms with Crippen LogP contribution in [0.25, 0.3) is 0 Å². The molecule has 0 saturated heterocycles. The molecule has 1 heterocycles. The molecule has 0 bridgehead atoms. The molecule has 0 radical (unpaired) electrons. The Kier molecular flexibility index (Phi) is 4.64. The highest BCUT2D eigenvalue weighted by molar-refractivity contribution is 7.89. The minimum Gasteiger partial charge on any atom is -0.247 e. The van der Waals surface area contributed by atoms with Crippen molar-refractivity contribution in [2.75, 3.05) is 0 Å². The summed E-state index contributed by atoms with van der Waals surface area (Å²) < 4.78 is 27.0. The van der Waals surface area contributed by atoms with E-state index in [9.17, 15) is 8.42 Å². The topological polar surface area (TPSA) is 82.8 Å². The number of halogens is 1. The molecule has 0 unspecified atom stereocenters. The molecule has 1 N–H and O–H groups in total. The van der Waals surface area contributed by atoms with Crippen molar-refractivity contribution in [2.24, 2.45) is 0 Å². The predicted molar refractivity (Wildman–Crippen MR) is 81.8 cm³/mol. The van der Waals surface area contributed by atoms with E-state index in [1.54, 1.807) is 0 Å². The number of nitriles is 1. The van der Waals surface area contributed by atoms with Crippen molar-refractivity contribution in [3.05, 3.63) is 44.4 Å². The summed E-state index contributed by atoms with van der Waals surface area (Å²) >= 11 is 7.38. The van der Waals surface area contributed by atoms with Gasteiger partial charge in [-0.2, -0.15) is 5.26 Å². The monoisotopic (exact) mass is 341 g/mol. The zero-order chi connectivity index (χ0) is 15.6. The maximum Gasteiger partial charge on any atom is 0.242 e. The number of nitrogens with zero attached hydrogens (tertiary/aromatic N) is 2. The molecule has 2 aromatic rings. The second-order valence-electron chi connectivity index (χ2n) is 4.32. The van der Waals surface area contributed by atoms with E-state index in [0.29, 0.717) is 5.56 Å². The minimum atomic E-state index is -3.73. The summed E-state index contributed by atoms with van der Waals surface area (Å²) in [4.78, 5) is 5.07. The van der Waals surface area contributed by atoms with Crippen molar-refractivity contribution in [3.63, 3.8) is 0 Å². The van der Waals surface area contributed by atoms with Crippen LogP contribution in [0.15, 0.2) is 23.1 Å². The van der Waals surface area contributed by atoms with E-state index in [-0.39, 0.29) is 16.5 Å². The minimum absolute atomic E-state index is 0.0266. The molecule has 0 fully saturated rings. The number of benzene rings is 1. The maximum atomic E-state index is 12.2. The number of hydrogen-bond donors (Lipinski definition) is 1. The van der Waals surface area contributed by atoms with E-state index < -0.39 is 10.0 Å². The number of sulfonamides is 1. The van der Waals surface area contributed by atoms with Crippen molar-refractivity contribution < 1.29 is 8.42 Å². The second kappa shape index (κ2) is 6.12. The van der Waals surface area contributed by atoms with Crippen LogP contribution in [-0.2, 0) is 16.6 Å². The van der Waals surface area contributed by atoms with Crippen LogP contribution >= 0.6 is 22.9 Å². The van der Waals surface area contributed by atoms with Crippen molar-refractivity contribution in [1.82, 2.24) is 9.71 Å². The summed E-state index contributed by atoms with van der Waals surface area (Å²) in [5.41, 5.74) is 1.12. The van der Waals surface area contributed by atoms with E-state index in [0.717, 1.165) is 15.6 Å². The van der Waals surface area contributed by atoms with Crippen LogP contribution in [0.2, 0.25) is 5.02 Å². The third kappa shape index (κ3) is 3.60. The molecule has 0 aliphatic rings. The lowest BCUT2D eigenvalue weighted by atomic mass is 10.2. The van der Waals surface area contributed by atoms with Crippen LogP contribution < -0.4 is 4.72 Å². The molecule has 1 aromatic heterocycles. The van der Waals surface area contributed by atoms with E-state index in [1.807, 2.05) is 19.9 Å². The highest BCUT2D eigenvalue weighted by Crippen LogP contribution is 2.23. The summed E-state index contributed by atoms with van der Waals surface area (Å²) in [6, 6.07) is 5.99. The third-order valence-corrected chi connectivity index (χ3v) is 5.73. The molecule has 8 heteroatoms. The van der Waals surface area contributed by atoms with Gasteiger partial charge in [0.2, 0.25) is 10.0 Å². The first-order valence-corrected chi connectivity index (χ1v) is 8.63. The summed E-state index contributed by atoms with van der Waals surface area (Å²) in [5, 5.41) is 9.68. The maximum absolute atomic E-state index is 12.2. The average Bonchev–Trinajstić information content (AvgIpc) is 2.74. The first-order valence-electron chi connectivity index (χ1n) is 5.95. The van der Waals surface area contributed by atoms with Gasteiger partial charge in [0.05, 0.1) is 27.4 Å². The van der Waals surface area contributed by atoms with Gasteiger partial charge in [-0.05, 0) is 32.0 Å². The third-order valence-electron chi connectivity index (χ3n) is 2.77. The molecule has 2 rings (SSSR count). The molecule has 21 heavy (non-hydrogen) atoms. The summed E-state index contributed by atoms with van der Waals surface area (Å²) in [6.07, 6.45) is 0. The van der Waals surface area contributed by atoms with Gasteiger partial charge in [-0.1, -0.05) is 11.6 Å². The molecule has 0 atom stereocenters. The van der Waals surface area contributed by atoms with Crippen molar-refractivity contribution >= 4 is 33.0 Å². The molecule has 0 saturated carbocycles. The van der Waals surface area contributed by atoms with Crippen molar-refractivity contribution in [1.29, 1.82) is 5.26 Å². The summed E-state index contributed by atoms with van der Waals surface area (Å²) in [7, 11) is -3.73. The van der Waals surface area contributed by atoms with Gasteiger partial charge < -0.3 is 0 Å². The molecule has 0 aliphatic carbocycles. The molecule has 0 aliphatic heterocycles. The van der Waals surface area contributed by atoms with Crippen LogP contribution in [0.3, 0.4) is 0 Å². The molecule has 0 spiro atoms. The SMILES string of the molecule is Cc1nc(C)c(CNS(=O)(=O)c2ccc(C#N)cc2Cl)s1. The fourth-order valence-corrected chi connectivity index (χ4v) is 4.27. The summed E-state index contributed by atoms with van der Waals surface area (Å²) in [5.74, 6) is 0. The van der Waals surface area contributed by atoms with Gasteiger partial charge >= 0.3 is 0 Å². The second-order valence-corrected chi connectivity index (χ2v) is 7.75. The lowest BCUT2D eigenvalue weighted by Gasteiger charge is -2.08. The Bertz CT molecular complexity index is 822. The highest BCUT2D eigenvalue weighted by Gasteiger charge is 2.19. The Hall–Kier alpha value is -1.46. The number of nitrogens with one attached hydrogen (secondary N) is 1. The lowest BCUT2D eigenvalue weighted by molar-refractivity contribution is 0.581. The number of thiazole rings is 1. The Labute approximate surface area is 132 Å². The van der Waals surface area contributed by atoms with Gasteiger partial charge in [-0.25, -0.2) is 18.1 Å². The molecule has 5 nitrogen and oxygen atoms in total. The van der Waals surface area contributed by atoms with E-state index in [1.165, 1.54) is 29.5 Å². The fraction of sp³-hybridized carbons (Fsp3) is 0.231. The quantitative estimate of drug-likeness (QED) is 0.926. The van der Waals surface area contributed by atoms with Gasteiger partial charge in [0.1, 0.15) is 4.90 Å². The lowest BCUT2D eigenvalue weighted by Crippen LogP contribution is -2.23. The molecular weight excluding hydrogens is 330 g/mol. The normalized spacial score (nSPS) is 11.3. The Morgan fingerprint density at radius 3 is 2.67 bits per heavy atom. The highest BCUT2D eigenvalue weighted by atomic mass is 35.5. The van der Waals surface area contributed by atoms with E-state index in [4.69, 9.17) is 16.9 Å². The number of hydrogen-bond acceptors (Lipinski definition) is 5. The average molecular weight is 342 g/mol. The van der Waals surface area contributed by atoms with Crippen LogP contribution in [0.5, 0.6) is 0 Å². The van der Waals surface area contributed by atoms with Crippen LogP contribution in [0, 0.1) is 25.2 Å². The predicted octanol–water partition coefficient (Wildman–Crippen LogP) is 2.76. The zero-order valence-corrected chi connectivity index (χ0v) is 13.7. The molecule has 0 amide bonds. The molecule has 1 aromatic carbocycles. The smallest absolute Gasteiger partial charge is 0.242 e. The molecule has 110 valence electrons. The van der Waals surface area contributed by atoms with Gasteiger partial charge in [-0.3, -0.25) is 0 Å². The molecular formula is C13H12ClN3O2S2. The first kappa shape index (κ1) is 15.9. The number of aryl methyl sites for hydroxylation is 2. The fourth-order valence-electron chi connectivity index (χ4n) is 1.76. The first-order chi connectivity index (χ1) is 9.83. The van der Waals surface area contributed by atoms with E-state index in [2.05, 4.69) is 9.71 Å². The van der Waals surface area contributed by atoms with Crippen LogP contribution in [-0.4, -0.2) is 13.4 Å². The largest absolute Gasteiger partial charge is 0.247 e. The van der Waals surface area contributed by atoms with Gasteiger partial charge in [-0.15, -0.1) is 11.3 Å². The van der Waals surface area contributed by atoms with Crippen molar-refractivity contribution in [3.8, 4) is 6.07 Å². The zero-order valence-electron chi connectivity index (χ0n) is 11.3. The number of rotatable bonds is 4. The number of aromatic nitrogens is 1. The Morgan fingerprint density at radius 2 is 2.14 bits per heavy atom. The summed E-state index contributed by atoms with van der Waals surface area (Å²) in [6.45, 7) is 3.87. The van der Waals surface area contributed by atoms with Gasteiger partial charge in [0.15, 0.2) is 0 Å². The van der Waals surface area contributed by atoms with Gasteiger partial charge in [0.25, 0.3) is 0 Å². The van der Waals surface area contributed by atoms with Crippen molar-refractivity contribution in [2.45, 2.75) is 25.3 Å². The van der Waals surface area contributed by atoms with Gasteiger partial charge in [0, 0.05) is 11.4 Å².